The van der Waals surface area contributed by atoms with Gasteiger partial charge in [0.25, 0.3) is 0 Å². The van der Waals surface area contributed by atoms with Crippen LogP contribution in [0.4, 0.5) is 0 Å². The van der Waals surface area contributed by atoms with Gasteiger partial charge >= 0.3 is 0 Å². The fourth-order valence-electron chi connectivity index (χ4n) is 2.41. The maximum Gasteiger partial charge on any atom is 0.191 e. The van der Waals surface area contributed by atoms with E-state index in [2.05, 4.69) is 22.5 Å². The summed E-state index contributed by atoms with van der Waals surface area (Å²) < 4.78 is 11.1. The van der Waals surface area contributed by atoms with Crippen LogP contribution >= 0.6 is 0 Å². The molecule has 2 N–H and O–H groups in total. The smallest absolute Gasteiger partial charge is 0.191 e. The van der Waals surface area contributed by atoms with Crippen molar-refractivity contribution in [2.75, 3.05) is 46.1 Å². The van der Waals surface area contributed by atoms with Gasteiger partial charge in [-0.05, 0) is 50.9 Å². The van der Waals surface area contributed by atoms with Crippen molar-refractivity contribution in [1.29, 1.82) is 0 Å². The summed E-state index contributed by atoms with van der Waals surface area (Å²) in [5.74, 6) is 2.49. The number of hydrogen-bond donors (Lipinski definition) is 2. The number of nitrogens with zero attached hydrogens (tertiary/aromatic N) is 1. The third kappa shape index (κ3) is 7.67. The van der Waals surface area contributed by atoms with Gasteiger partial charge in [-0.2, -0.15) is 0 Å². The predicted octanol–water partition coefficient (Wildman–Crippen LogP) is 1.78. The van der Waals surface area contributed by atoms with Crippen molar-refractivity contribution in [3.05, 3.63) is 0 Å². The Balaban J connectivity index is 1.47. The Labute approximate surface area is 128 Å². The molecular weight excluding hydrogens is 266 g/mol. The lowest BCUT2D eigenvalue weighted by atomic mass is 10.0. The van der Waals surface area contributed by atoms with E-state index in [4.69, 9.17) is 9.47 Å². The first-order valence-electron chi connectivity index (χ1n) is 8.56. The third-order valence-electron chi connectivity index (χ3n) is 4.00. The van der Waals surface area contributed by atoms with Crippen molar-refractivity contribution in [2.24, 2.45) is 16.8 Å². The minimum atomic E-state index is 0.698. The van der Waals surface area contributed by atoms with Crippen LogP contribution in [0.5, 0.6) is 0 Å². The molecule has 1 heterocycles. The number of rotatable bonds is 9. The van der Waals surface area contributed by atoms with E-state index in [1.54, 1.807) is 0 Å². The highest BCUT2D eigenvalue weighted by Gasteiger charge is 2.20. The van der Waals surface area contributed by atoms with E-state index in [-0.39, 0.29) is 0 Å². The Morgan fingerprint density at radius 3 is 2.67 bits per heavy atom. The lowest BCUT2D eigenvalue weighted by molar-refractivity contribution is 0.0203. The largest absolute Gasteiger partial charge is 0.381 e. The lowest BCUT2D eigenvalue weighted by Gasteiger charge is -2.21. The summed E-state index contributed by atoms with van der Waals surface area (Å²) in [7, 11) is 0. The summed E-state index contributed by atoms with van der Waals surface area (Å²) in [5, 5.41) is 6.67. The van der Waals surface area contributed by atoms with Gasteiger partial charge in [-0.3, -0.25) is 4.99 Å². The van der Waals surface area contributed by atoms with Gasteiger partial charge in [0.2, 0.25) is 0 Å². The molecule has 0 aromatic heterocycles. The SMILES string of the molecule is CCNC(=NCC1CC1)NCCCOCC1CCOCC1. The molecule has 0 bridgehead atoms. The molecule has 0 aromatic carbocycles. The highest BCUT2D eigenvalue weighted by Crippen LogP contribution is 2.28. The van der Waals surface area contributed by atoms with Crippen LogP contribution in [0, 0.1) is 11.8 Å². The Bertz CT molecular complexity index is 300. The van der Waals surface area contributed by atoms with Crippen molar-refractivity contribution < 1.29 is 9.47 Å². The second-order valence-corrected chi connectivity index (χ2v) is 6.07. The van der Waals surface area contributed by atoms with Crippen molar-refractivity contribution in [1.82, 2.24) is 10.6 Å². The Hall–Kier alpha value is -0.810. The Morgan fingerprint density at radius 1 is 1.14 bits per heavy atom. The molecule has 2 aliphatic rings. The molecule has 122 valence electrons. The molecule has 0 atom stereocenters. The molecule has 1 aliphatic heterocycles. The fraction of sp³-hybridized carbons (Fsp3) is 0.938. The van der Waals surface area contributed by atoms with Crippen molar-refractivity contribution >= 4 is 5.96 Å². The molecule has 21 heavy (non-hydrogen) atoms. The fourth-order valence-corrected chi connectivity index (χ4v) is 2.41. The van der Waals surface area contributed by atoms with Gasteiger partial charge in [0, 0.05) is 46.1 Å². The zero-order valence-corrected chi connectivity index (χ0v) is 13.4. The molecule has 0 spiro atoms. The maximum atomic E-state index is 5.77. The number of hydrogen-bond acceptors (Lipinski definition) is 3. The highest BCUT2D eigenvalue weighted by molar-refractivity contribution is 5.79. The van der Waals surface area contributed by atoms with Gasteiger partial charge in [-0.15, -0.1) is 0 Å². The first kappa shape index (κ1) is 16.6. The Morgan fingerprint density at radius 2 is 1.95 bits per heavy atom. The standard InChI is InChI=1S/C16H31N3O2/c1-2-17-16(19-12-14-4-5-14)18-8-3-9-21-13-15-6-10-20-11-7-15/h14-15H,2-13H2,1H3,(H2,17,18,19). The minimum absolute atomic E-state index is 0.698. The van der Waals surface area contributed by atoms with Gasteiger partial charge < -0.3 is 20.1 Å². The summed E-state index contributed by atoms with van der Waals surface area (Å²) in [6.07, 6.45) is 6.02. The molecule has 2 rings (SSSR count). The lowest BCUT2D eigenvalue weighted by Crippen LogP contribution is -2.38. The van der Waals surface area contributed by atoms with E-state index in [0.29, 0.717) is 5.92 Å². The second kappa shape index (κ2) is 10.0. The molecule has 1 saturated heterocycles. The van der Waals surface area contributed by atoms with Gasteiger partial charge in [0.05, 0.1) is 0 Å². The number of aliphatic imine (C=N–C) groups is 1. The van der Waals surface area contributed by atoms with Gasteiger partial charge in [0.15, 0.2) is 5.96 Å². The van der Waals surface area contributed by atoms with Gasteiger partial charge in [-0.1, -0.05) is 0 Å². The predicted molar refractivity (Wildman–Crippen MR) is 85.7 cm³/mol. The first-order chi connectivity index (χ1) is 10.4. The number of guanidine groups is 1. The Kier molecular flexibility index (Phi) is 7.89. The van der Waals surface area contributed by atoms with Crippen LogP contribution in [-0.2, 0) is 9.47 Å². The molecule has 1 aliphatic carbocycles. The minimum Gasteiger partial charge on any atom is -0.381 e. The number of ether oxygens (including phenoxy) is 2. The van der Waals surface area contributed by atoms with Crippen LogP contribution in [0.15, 0.2) is 4.99 Å². The third-order valence-corrected chi connectivity index (χ3v) is 4.00. The van der Waals surface area contributed by atoms with E-state index >= 15 is 0 Å². The normalized spacial score (nSPS) is 20.5. The molecule has 1 saturated carbocycles. The maximum absolute atomic E-state index is 5.77. The molecule has 5 heteroatoms. The summed E-state index contributed by atoms with van der Waals surface area (Å²) in [6.45, 7) is 8.42. The molecule has 0 radical (unpaired) electrons. The van der Waals surface area contributed by atoms with E-state index in [1.165, 1.54) is 12.8 Å². The topological polar surface area (TPSA) is 54.9 Å². The molecule has 2 fully saturated rings. The van der Waals surface area contributed by atoms with Crippen molar-refractivity contribution in [3.63, 3.8) is 0 Å². The van der Waals surface area contributed by atoms with E-state index in [0.717, 1.165) is 77.2 Å². The quantitative estimate of drug-likeness (QED) is 0.387. The second-order valence-electron chi connectivity index (χ2n) is 6.07. The molecule has 0 aromatic rings. The van der Waals surface area contributed by atoms with Crippen LogP contribution in [-0.4, -0.2) is 52.0 Å². The molecule has 0 amide bonds. The van der Waals surface area contributed by atoms with Crippen LogP contribution in [0.25, 0.3) is 0 Å². The number of nitrogens with one attached hydrogen (secondary N) is 2. The molecular formula is C16H31N3O2. The van der Waals surface area contributed by atoms with Crippen LogP contribution < -0.4 is 10.6 Å². The van der Waals surface area contributed by atoms with E-state index in [9.17, 15) is 0 Å². The highest BCUT2D eigenvalue weighted by atomic mass is 16.5. The molecule has 5 nitrogen and oxygen atoms in total. The van der Waals surface area contributed by atoms with Crippen LogP contribution in [0.2, 0.25) is 0 Å². The monoisotopic (exact) mass is 297 g/mol. The zero-order chi connectivity index (χ0) is 14.8. The summed E-state index contributed by atoms with van der Waals surface area (Å²) >= 11 is 0. The summed E-state index contributed by atoms with van der Waals surface area (Å²) in [5.41, 5.74) is 0. The first-order valence-corrected chi connectivity index (χ1v) is 8.56. The van der Waals surface area contributed by atoms with Crippen LogP contribution in [0.1, 0.15) is 39.0 Å². The average molecular weight is 297 g/mol. The average Bonchev–Trinajstić information content (AvgIpc) is 3.33. The zero-order valence-electron chi connectivity index (χ0n) is 13.4. The summed E-state index contributed by atoms with van der Waals surface area (Å²) in [6, 6.07) is 0. The van der Waals surface area contributed by atoms with Crippen molar-refractivity contribution in [2.45, 2.75) is 39.0 Å². The van der Waals surface area contributed by atoms with Gasteiger partial charge in [0.1, 0.15) is 0 Å². The van der Waals surface area contributed by atoms with E-state index < -0.39 is 0 Å². The van der Waals surface area contributed by atoms with Crippen molar-refractivity contribution in [3.8, 4) is 0 Å². The molecule has 0 unspecified atom stereocenters. The van der Waals surface area contributed by atoms with Crippen LogP contribution in [0.3, 0.4) is 0 Å². The summed E-state index contributed by atoms with van der Waals surface area (Å²) in [4.78, 5) is 4.61. The van der Waals surface area contributed by atoms with Gasteiger partial charge in [-0.25, -0.2) is 0 Å². The van der Waals surface area contributed by atoms with E-state index in [1.807, 2.05) is 0 Å².